The van der Waals surface area contributed by atoms with Crippen molar-refractivity contribution in [3.05, 3.63) is 53.6 Å². The molecule has 1 atom stereocenters. The van der Waals surface area contributed by atoms with Gasteiger partial charge in [-0.25, -0.2) is 0 Å². The number of benzene rings is 2. The van der Waals surface area contributed by atoms with Crippen LogP contribution in [0.4, 0.5) is 0 Å². The van der Waals surface area contributed by atoms with Crippen LogP contribution in [0.25, 0.3) is 0 Å². The Balaban J connectivity index is 1.82. The Kier molecular flexibility index (Phi) is 9.49. The van der Waals surface area contributed by atoms with E-state index in [0.29, 0.717) is 42.4 Å². The van der Waals surface area contributed by atoms with Crippen LogP contribution < -0.4 is 19.5 Å². The van der Waals surface area contributed by atoms with Crippen molar-refractivity contribution in [2.75, 3.05) is 34.5 Å². The van der Waals surface area contributed by atoms with Gasteiger partial charge in [0, 0.05) is 13.0 Å². The van der Waals surface area contributed by atoms with Gasteiger partial charge in [0.05, 0.1) is 34.0 Å². The van der Waals surface area contributed by atoms with E-state index in [0.717, 1.165) is 6.42 Å². The van der Waals surface area contributed by atoms with Crippen LogP contribution in [0, 0.1) is 11.3 Å². The van der Waals surface area contributed by atoms with E-state index in [4.69, 9.17) is 18.9 Å². The first-order valence-electron chi connectivity index (χ1n) is 9.73. The first-order chi connectivity index (χ1) is 14.6. The zero-order valence-corrected chi connectivity index (χ0v) is 17.6. The number of amides is 1. The molecule has 0 aliphatic carbocycles. The molecule has 0 fully saturated rings. The van der Waals surface area contributed by atoms with Gasteiger partial charge in [0.1, 0.15) is 6.04 Å². The van der Waals surface area contributed by atoms with E-state index in [1.54, 1.807) is 12.1 Å². The van der Waals surface area contributed by atoms with Crippen molar-refractivity contribution < 1.29 is 23.7 Å². The van der Waals surface area contributed by atoms with Gasteiger partial charge in [-0.2, -0.15) is 5.26 Å². The number of carbonyl (C=O) groups excluding carboxylic acids is 1. The molecule has 0 aliphatic rings. The maximum Gasteiger partial charge on any atom is 0.221 e. The molecular weight excluding hydrogens is 384 g/mol. The van der Waals surface area contributed by atoms with E-state index in [1.807, 2.05) is 18.2 Å². The molecule has 160 valence electrons. The third-order valence-corrected chi connectivity index (χ3v) is 4.53. The highest BCUT2D eigenvalue weighted by Crippen LogP contribution is 2.39. The fourth-order valence-electron chi connectivity index (χ4n) is 2.96. The summed E-state index contributed by atoms with van der Waals surface area (Å²) in [6.07, 6.45) is 1.69. The molecule has 2 aromatic rings. The highest BCUT2D eigenvalue weighted by atomic mass is 16.5. The maximum atomic E-state index is 12.3. The van der Waals surface area contributed by atoms with Crippen molar-refractivity contribution in [1.29, 1.82) is 5.26 Å². The van der Waals surface area contributed by atoms with E-state index >= 15 is 0 Å². The third-order valence-electron chi connectivity index (χ3n) is 4.53. The van der Waals surface area contributed by atoms with E-state index in [9.17, 15) is 10.1 Å². The Morgan fingerprint density at radius 3 is 2.27 bits per heavy atom. The molecule has 1 N–H and O–H groups in total. The van der Waals surface area contributed by atoms with Crippen LogP contribution in [-0.4, -0.2) is 40.5 Å². The SMILES string of the molecule is COc1cc(C(C#N)NC(=O)CCCOCCc2ccccc2)cc(OC)c1OC. The summed E-state index contributed by atoms with van der Waals surface area (Å²) in [7, 11) is 4.50. The molecule has 0 aliphatic heterocycles. The molecular formula is C23H28N2O5. The number of carbonyl (C=O) groups is 1. The molecule has 0 saturated heterocycles. The minimum atomic E-state index is -0.829. The summed E-state index contributed by atoms with van der Waals surface area (Å²) in [6.45, 7) is 1.10. The quantitative estimate of drug-likeness (QED) is 0.537. The van der Waals surface area contributed by atoms with Gasteiger partial charge in [-0.3, -0.25) is 4.79 Å². The van der Waals surface area contributed by atoms with Crippen LogP contribution in [0.1, 0.15) is 30.0 Å². The van der Waals surface area contributed by atoms with Crippen LogP contribution in [0.2, 0.25) is 0 Å². The Hall–Kier alpha value is -3.24. The number of rotatable bonds is 12. The Morgan fingerprint density at radius 2 is 1.70 bits per heavy atom. The van der Waals surface area contributed by atoms with Crippen LogP contribution in [0.5, 0.6) is 17.2 Å². The fourth-order valence-corrected chi connectivity index (χ4v) is 2.96. The topological polar surface area (TPSA) is 89.8 Å². The molecule has 0 saturated carbocycles. The molecule has 1 amide bonds. The number of nitrogens with zero attached hydrogens (tertiary/aromatic N) is 1. The predicted octanol–water partition coefficient (Wildman–Crippen LogP) is 3.43. The van der Waals surface area contributed by atoms with Crippen LogP contribution >= 0.6 is 0 Å². The summed E-state index contributed by atoms with van der Waals surface area (Å²) in [5.41, 5.74) is 1.77. The van der Waals surface area contributed by atoms with Crippen molar-refractivity contribution >= 4 is 5.91 Å². The molecule has 0 spiro atoms. The van der Waals surface area contributed by atoms with Crippen molar-refractivity contribution in [3.63, 3.8) is 0 Å². The number of hydrogen-bond donors (Lipinski definition) is 1. The normalized spacial score (nSPS) is 11.3. The highest BCUT2D eigenvalue weighted by Gasteiger charge is 2.20. The molecule has 30 heavy (non-hydrogen) atoms. The van der Waals surface area contributed by atoms with E-state index in [-0.39, 0.29) is 12.3 Å². The Labute approximate surface area is 177 Å². The summed E-state index contributed by atoms with van der Waals surface area (Å²) in [5, 5.41) is 12.3. The van der Waals surface area contributed by atoms with Crippen LogP contribution in [-0.2, 0) is 16.0 Å². The van der Waals surface area contributed by atoms with E-state index < -0.39 is 6.04 Å². The number of methoxy groups -OCH3 is 3. The maximum absolute atomic E-state index is 12.3. The number of nitriles is 1. The molecule has 0 radical (unpaired) electrons. The minimum Gasteiger partial charge on any atom is -0.493 e. The molecule has 1 unspecified atom stereocenters. The standard InChI is InChI=1S/C23H28N2O5/c1-27-20-14-18(15-21(28-2)23(20)29-3)19(16-24)25-22(26)10-7-12-30-13-11-17-8-5-4-6-9-17/h4-6,8-9,14-15,19H,7,10-13H2,1-3H3,(H,25,26). The monoisotopic (exact) mass is 412 g/mol. The number of ether oxygens (including phenoxy) is 4. The molecule has 2 rings (SSSR count). The second kappa shape index (κ2) is 12.3. The molecule has 7 heteroatoms. The first-order valence-corrected chi connectivity index (χ1v) is 9.73. The van der Waals surface area contributed by atoms with Gasteiger partial charge in [-0.1, -0.05) is 30.3 Å². The van der Waals surface area contributed by atoms with Gasteiger partial charge in [0.15, 0.2) is 11.5 Å². The zero-order valence-electron chi connectivity index (χ0n) is 17.6. The molecule has 0 aromatic heterocycles. The van der Waals surface area contributed by atoms with Gasteiger partial charge in [0.2, 0.25) is 11.7 Å². The summed E-state index contributed by atoms with van der Waals surface area (Å²) < 4.78 is 21.5. The van der Waals surface area contributed by atoms with Gasteiger partial charge in [-0.05, 0) is 36.1 Å². The lowest BCUT2D eigenvalue weighted by atomic mass is 10.1. The summed E-state index contributed by atoms with van der Waals surface area (Å²) in [6, 6.07) is 14.7. The lowest BCUT2D eigenvalue weighted by Gasteiger charge is -2.17. The minimum absolute atomic E-state index is 0.220. The van der Waals surface area contributed by atoms with Crippen molar-refractivity contribution in [2.45, 2.75) is 25.3 Å². The highest BCUT2D eigenvalue weighted by molar-refractivity contribution is 5.77. The van der Waals surface area contributed by atoms with Crippen molar-refractivity contribution in [1.82, 2.24) is 5.32 Å². The third kappa shape index (κ3) is 6.68. The second-order valence-corrected chi connectivity index (χ2v) is 6.54. The second-order valence-electron chi connectivity index (χ2n) is 6.54. The Bertz CT molecular complexity index is 823. The van der Waals surface area contributed by atoms with Gasteiger partial charge < -0.3 is 24.3 Å². The summed E-state index contributed by atoms with van der Waals surface area (Å²) in [5.74, 6) is 1.06. The molecule has 0 bridgehead atoms. The molecule has 7 nitrogen and oxygen atoms in total. The van der Waals surface area contributed by atoms with E-state index in [2.05, 4.69) is 23.5 Å². The largest absolute Gasteiger partial charge is 0.493 e. The zero-order chi connectivity index (χ0) is 21.8. The van der Waals surface area contributed by atoms with Crippen LogP contribution in [0.3, 0.4) is 0 Å². The Morgan fingerprint density at radius 1 is 1.03 bits per heavy atom. The number of nitrogens with one attached hydrogen (secondary N) is 1. The van der Waals surface area contributed by atoms with Crippen LogP contribution in [0.15, 0.2) is 42.5 Å². The summed E-state index contributed by atoms with van der Waals surface area (Å²) in [4.78, 5) is 12.3. The lowest BCUT2D eigenvalue weighted by molar-refractivity contribution is -0.121. The molecule has 0 heterocycles. The van der Waals surface area contributed by atoms with Gasteiger partial charge in [0.25, 0.3) is 0 Å². The average molecular weight is 412 g/mol. The first kappa shape index (κ1) is 23.0. The predicted molar refractivity (Wildman–Crippen MR) is 113 cm³/mol. The van der Waals surface area contributed by atoms with Crippen molar-refractivity contribution in [2.24, 2.45) is 0 Å². The average Bonchev–Trinajstić information content (AvgIpc) is 2.79. The van der Waals surface area contributed by atoms with Gasteiger partial charge in [-0.15, -0.1) is 0 Å². The van der Waals surface area contributed by atoms with E-state index in [1.165, 1.54) is 26.9 Å². The lowest BCUT2D eigenvalue weighted by Crippen LogP contribution is -2.27. The summed E-state index contributed by atoms with van der Waals surface area (Å²) >= 11 is 0. The van der Waals surface area contributed by atoms with Gasteiger partial charge >= 0.3 is 0 Å². The number of hydrogen-bond acceptors (Lipinski definition) is 6. The fraction of sp³-hybridized carbons (Fsp3) is 0.391. The van der Waals surface area contributed by atoms with Crippen molar-refractivity contribution in [3.8, 4) is 23.3 Å². The molecule has 2 aromatic carbocycles. The smallest absolute Gasteiger partial charge is 0.221 e.